The first-order valence-electron chi connectivity index (χ1n) is 8.81. The number of rotatable bonds is 5. The zero-order chi connectivity index (χ0) is 19.2. The summed E-state index contributed by atoms with van der Waals surface area (Å²) >= 11 is 1.98. The number of guanidine groups is 1. The van der Waals surface area contributed by atoms with E-state index in [0.29, 0.717) is 6.54 Å². The fourth-order valence-corrected chi connectivity index (χ4v) is 3.79. The Labute approximate surface area is 184 Å². The molecule has 1 N–H and O–H groups in total. The number of halogens is 1. The number of likely N-dealkylation sites (N-methyl/N-ethyl adjacent to an activating group) is 1. The lowest BCUT2D eigenvalue weighted by atomic mass is 10.2. The number of nitrogens with zero attached hydrogens (tertiary/aromatic N) is 3. The monoisotopic (exact) mass is 506 g/mol. The molecule has 0 spiro atoms. The van der Waals surface area contributed by atoms with Crippen LogP contribution >= 0.6 is 35.7 Å². The largest absolute Gasteiger partial charge is 0.497 e. The second kappa shape index (κ2) is 11.0. The molecular formula is C19H31IN4O2S. The van der Waals surface area contributed by atoms with E-state index < -0.39 is 0 Å². The average Bonchev–Trinajstić information content (AvgIpc) is 2.61. The second-order valence-corrected chi connectivity index (χ2v) is 8.96. The van der Waals surface area contributed by atoms with Crippen LogP contribution in [0.4, 0.5) is 0 Å². The molecule has 1 heterocycles. The van der Waals surface area contributed by atoms with E-state index >= 15 is 0 Å². The zero-order valence-electron chi connectivity index (χ0n) is 16.8. The molecule has 0 atom stereocenters. The molecule has 27 heavy (non-hydrogen) atoms. The van der Waals surface area contributed by atoms with Gasteiger partial charge in [-0.1, -0.05) is 12.1 Å². The SMILES string of the molecule is COc1ccc(CN=C(NCC(=O)N(C)C)N2CCSC(C)(C)C2)cc1.I. The Bertz CT molecular complexity index is 635. The highest BCUT2D eigenvalue weighted by Gasteiger charge is 2.29. The van der Waals surface area contributed by atoms with Crippen LogP contribution in [-0.2, 0) is 11.3 Å². The Morgan fingerprint density at radius 3 is 2.56 bits per heavy atom. The second-order valence-electron chi connectivity index (χ2n) is 7.16. The van der Waals surface area contributed by atoms with Crippen LogP contribution in [0.5, 0.6) is 5.75 Å². The van der Waals surface area contributed by atoms with Gasteiger partial charge in [0.1, 0.15) is 5.75 Å². The number of thioether (sulfide) groups is 1. The van der Waals surface area contributed by atoms with Crippen molar-refractivity contribution in [3.05, 3.63) is 29.8 Å². The molecule has 0 radical (unpaired) electrons. The summed E-state index contributed by atoms with van der Waals surface area (Å²) in [6, 6.07) is 7.91. The predicted molar refractivity (Wildman–Crippen MR) is 124 cm³/mol. The number of ether oxygens (including phenoxy) is 1. The number of carbonyl (C=O) groups excluding carboxylic acids is 1. The van der Waals surface area contributed by atoms with E-state index in [1.807, 2.05) is 36.0 Å². The molecule has 1 amide bonds. The number of methoxy groups -OCH3 is 1. The Balaban J connectivity index is 0.00000364. The van der Waals surface area contributed by atoms with Gasteiger partial charge in [0.05, 0.1) is 20.2 Å². The minimum atomic E-state index is 0. The predicted octanol–water partition coefficient (Wildman–Crippen LogP) is 2.67. The summed E-state index contributed by atoms with van der Waals surface area (Å²) in [7, 11) is 5.19. The van der Waals surface area contributed by atoms with Crippen molar-refractivity contribution in [1.29, 1.82) is 0 Å². The molecular weight excluding hydrogens is 475 g/mol. The molecule has 0 aromatic heterocycles. The minimum Gasteiger partial charge on any atom is -0.497 e. The van der Waals surface area contributed by atoms with Gasteiger partial charge < -0.3 is 19.9 Å². The van der Waals surface area contributed by atoms with Crippen LogP contribution < -0.4 is 10.1 Å². The molecule has 1 aliphatic rings. The van der Waals surface area contributed by atoms with E-state index in [-0.39, 0.29) is 41.2 Å². The number of hydrogen-bond donors (Lipinski definition) is 1. The number of carbonyl (C=O) groups is 1. The molecule has 1 aromatic rings. The van der Waals surface area contributed by atoms with Crippen molar-refractivity contribution in [3.8, 4) is 5.75 Å². The quantitative estimate of drug-likeness (QED) is 0.378. The number of hydrogen-bond acceptors (Lipinski definition) is 4. The molecule has 2 rings (SSSR count). The van der Waals surface area contributed by atoms with E-state index in [1.165, 1.54) is 0 Å². The van der Waals surface area contributed by atoms with E-state index in [4.69, 9.17) is 9.73 Å². The number of amides is 1. The van der Waals surface area contributed by atoms with Gasteiger partial charge in [-0.3, -0.25) is 4.79 Å². The summed E-state index contributed by atoms with van der Waals surface area (Å²) in [6.45, 7) is 7.14. The van der Waals surface area contributed by atoms with Crippen LogP contribution in [0, 0.1) is 0 Å². The van der Waals surface area contributed by atoms with Crippen molar-refractivity contribution < 1.29 is 9.53 Å². The molecule has 1 aliphatic heterocycles. The van der Waals surface area contributed by atoms with Gasteiger partial charge in [0.25, 0.3) is 0 Å². The lowest BCUT2D eigenvalue weighted by Gasteiger charge is -2.39. The summed E-state index contributed by atoms with van der Waals surface area (Å²) in [5.41, 5.74) is 1.11. The van der Waals surface area contributed by atoms with Crippen LogP contribution in [0.25, 0.3) is 0 Å². The lowest BCUT2D eigenvalue weighted by Crippen LogP contribution is -2.52. The third-order valence-corrected chi connectivity index (χ3v) is 5.49. The van der Waals surface area contributed by atoms with Gasteiger partial charge in [0, 0.05) is 37.7 Å². The summed E-state index contributed by atoms with van der Waals surface area (Å²) in [6.07, 6.45) is 0. The molecule has 1 saturated heterocycles. The average molecular weight is 506 g/mol. The van der Waals surface area contributed by atoms with Crippen molar-refractivity contribution in [3.63, 3.8) is 0 Å². The maximum Gasteiger partial charge on any atom is 0.241 e. The van der Waals surface area contributed by atoms with Crippen LogP contribution in [0.3, 0.4) is 0 Å². The topological polar surface area (TPSA) is 57.2 Å². The summed E-state index contributed by atoms with van der Waals surface area (Å²) < 4.78 is 5.37. The van der Waals surface area contributed by atoms with Crippen molar-refractivity contribution in [1.82, 2.24) is 15.1 Å². The Morgan fingerprint density at radius 1 is 1.33 bits per heavy atom. The smallest absolute Gasteiger partial charge is 0.241 e. The third kappa shape index (κ3) is 7.77. The third-order valence-electron chi connectivity index (χ3n) is 4.19. The number of benzene rings is 1. The van der Waals surface area contributed by atoms with Crippen molar-refractivity contribution in [2.24, 2.45) is 4.99 Å². The minimum absolute atomic E-state index is 0. The summed E-state index contributed by atoms with van der Waals surface area (Å²) in [5, 5.41) is 3.25. The Kier molecular flexibility index (Phi) is 9.72. The Morgan fingerprint density at radius 2 is 2.00 bits per heavy atom. The first-order valence-corrected chi connectivity index (χ1v) is 9.79. The molecule has 1 aromatic carbocycles. The van der Waals surface area contributed by atoms with Gasteiger partial charge >= 0.3 is 0 Å². The first kappa shape index (κ1) is 23.9. The van der Waals surface area contributed by atoms with Gasteiger partial charge in [-0.15, -0.1) is 24.0 Å². The van der Waals surface area contributed by atoms with Gasteiger partial charge in [-0.25, -0.2) is 4.99 Å². The zero-order valence-corrected chi connectivity index (χ0v) is 20.0. The number of aliphatic imine (C=N–C) groups is 1. The normalized spacial score (nSPS) is 16.3. The van der Waals surface area contributed by atoms with Gasteiger partial charge in [-0.2, -0.15) is 11.8 Å². The number of nitrogens with one attached hydrogen (secondary N) is 1. The van der Waals surface area contributed by atoms with E-state index in [9.17, 15) is 4.79 Å². The standard InChI is InChI=1S/C19H30N4O2S.HI/c1-19(2)14-23(10-11-26-19)18(21-13-17(24)22(3)4)20-12-15-6-8-16(25-5)9-7-15;/h6-9H,10-14H2,1-5H3,(H,20,21);1H. The van der Waals surface area contributed by atoms with Crippen molar-refractivity contribution >= 4 is 47.6 Å². The first-order chi connectivity index (χ1) is 12.3. The molecule has 0 saturated carbocycles. The van der Waals surface area contributed by atoms with Gasteiger partial charge in [-0.05, 0) is 31.5 Å². The fourth-order valence-electron chi connectivity index (χ4n) is 2.67. The molecule has 152 valence electrons. The highest BCUT2D eigenvalue weighted by molar-refractivity contribution is 14.0. The molecule has 8 heteroatoms. The molecule has 0 unspecified atom stereocenters. The van der Waals surface area contributed by atoms with E-state index in [0.717, 1.165) is 36.1 Å². The van der Waals surface area contributed by atoms with E-state index in [2.05, 4.69) is 24.1 Å². The van der Waals surface area contributed by atoms with Gasteiger partial charge in [0.2, 0.25) is 5.91 Å². The highest BCUT2D eigenvalue weighted by atomic mass is 127. The Hall–Kier alpha value is -1.16. The summed E-state index contributed by atoms with van der Waals surface area (Å²) in [5.74, 6) is 2.72. The highest BCUT2D eigenvalue weighted by Crippen LogP contribution is 2.29. The van der Waals surface area contributed by atoms with Crippen LogP contribution in [0.15, 0.2) is 29.3 Å². The summed E-state index contributed by atoms with van der Waals surface area (Å²) in [4.78, 5) is 20.6. The molecule has 0 bridgehead atoms. The van der Waals surface area contributed by atoms with E-state index in [1.54, 1.807) is 26.1 Å². The van der Waals surface area contributed by atoms with Crippen molar-refractivity contribution in [2.75, 3.05) is 46.6 Å². The maximum absolute atomic E-state index is 12.0. The molecule has 6 nitrogen and oxygen atoms in total. The fraction of sp³-hybridized carbons (Fsp3) is 0.579. The van der Waals surface area contributed by atoms with Crippen LogP contribution in [0.2, 0.25) is 0 Å². The molecule has 0 aliphatic carbocycles. The van der Waals surface area contributed by atoms with Gasteiger partial charge in [0.15, 0.2) is 5.96 Å². The lowest BCUT2D eigenvalue weighted by molar-refractivity contribution is -0.127. The molecule has 1 fully saturated rings. The van der Waals surface area contributed by atoms with Crippen LogP contribution in [0.1, 0.15) is 19.4 Å². The van der Waals surface area contributed by atoms with Crippen LogP contribution in [-0.4, -0.2) is 73.0 Å². The maximum atomic E-state index is 12.0. The van der Waals surface area contributed by atoms with Crippen molar-refractivity contribution in [2.45, 2.75) is 25.1 Å².